The van der Waals surface area contributed by atoms with E-state index in [4.69, 9.17) is 4.74 Å². The summed E-state index contributed by atoms with van der Waals surface area (Å²) in [7, 11) is 0. The molecule has 136 valence electrons. The van der Waals surface area contributed by atoms with E-state index in [1.165, 1.54) is 0 Å². The van der Waals surface area contributed by atoms with Crippen LogP contribution in [-0.2, 0) is 16.0 Å². The molecule has 0 fully saturated rings. The number of halogens is 1. The van der Waals surface area contributed by atoms with Gasteiger partial charge in [0, 0.05) is 35.3 Å². The zero-order valence-corrected chi connectivity index (χ0v) is 17.4. The largest absolute Gasteiger partial charge is 0.465 e. The molecule has 2 aliphatic rings. The van der Waals surface area contributed by atoms with Crippen molar-refractivity contribution in [2.45, 2.75) is 53.0 Å². The molecule has 3 rings (SSSR count). The Morgan fingerprint density at radius 2 is 2.20 bits per heavy atom. The van der Waals surface area contributed by atoms with Crippen LogP contribution in [0.3, 0.4) is 0 Å². The number of rotatable bonds is 4. The fraction of sp³-hybridized carbons (Fsp3) is 0.611. The van der Waals surface area contributed by atoms with Crippen molar-refractivity contribution in [2.24, 2.45) is 5.41 Å². The smallest absolute Gasteiger partial charge is 0.329 e. The van der Waals surface area contributed by atoms with E-state index in [-0.39, 0.29) is 17.4 Å². The Morgan fingerprint density at radius 1 is 1.44 bits per heavy atom. The van der Waals surface area contributed by atoms with Gasteiger partial charge < -0.3 is 10.2 Å². The summed E-state index contributed by atoms with van der Waals surface area (Å²) < 4.78 is 6.08. The summed E-state index contributed by atoms with van der Waals surface area (Å²) in [6, 6.07) is -0.363. The second-order valence-electron chi connectivity index (χ2n) is 7.68. The van der Waals surface area contributed by atoms with Gasteiger partial charge in [0.2, 0.25) is 0 Å². The lowest BCUT2D eigenvalue weighted by Crippen LogP contribution is -2.45. The van der Waals surface area contributed by atoms with E-state index in [2.05, 4.69) is 58.8 Å². The van der Waals surface area contributed by atoms with Gasteiger partial charge in [0.1, 0.15) is 6.04 Å². The number of nitrogens with one attached hydrogen (secondary N) is 1. The maximum atomic E-state index is 12.6. The minimum absolute atomic E-state index is 0.180. The highest BCUT2D eigenvalue weighted by Gasteiger charge is 2.41. The van der Waals surface area contributed by atoms with E-state index in [0.717, 1.165) is 48.3 Å². The summed E-state index contributed by atoms with van der Waals surface area (Å²) in [5.41, 5.74) is 7.76. The lowest BCUT2D eigenvalue weighted by atomic mass is 9.90. The second-order valence-corrected chi connectivity index (χ2v) is 8.65. The van der Waals surface area contributed by atoms with Crippen molar-refractivity contribution in [3.05, 3.63) is 26.9 Å². The van der Waals surface area contributed by atoms with Gasteiger partial charge in [-0.25, -0.2) is 19.8 Å². The van der Waals surface area contributed by atoms with Crippen LogP contribution < -0.4 is 5.43 Å². The van der Waals surface area contributed by atoms with Gasteiger partial charge in [0.05, 0.1) is 18.0 Å². The van der Waals surface area contributed by atoms with Crippen molar-refractivity contribution >= 4 is 34.3 Å². The molecule has 0 saturated carbocycles. The number of carbonyl (C=O) groups is 1. The topological polar surface area (TPSA) is 67.3 Å². The molecule has 0 radical (unpaired) electrons. The number of hydrogen-bond donors (Lipinski definition) is 1. The normalized spacial score (nSPS) is 20.1. The second kappa shape index (κ2) is 7.19. The number of nitrogens with zero attached hydrogens (tertiary/aromatic N) is 3. The van der Waals surface area contributed by atoms with Gasteiger partial charge in [0.15, 0.2) is 3.83 Å². The third-order valence-corrected chi connectivity index (χ3v) is 5.09. The molecule has 1 aliphatic carbocycles. The van der Waals surface area contributed by atoms with Crippen LogP contribution >= 0.6 is 22.6 Å². The summed E-state index contributed by atoms with van der Waals surface area (Å²) in [5.74, 6) is -0.180. The molecular formula is C18H25IN4O2. The highest BCUT2D eigenvalue weighted by Crippen LogP contribution is 2.37. The molecule has 1 aliphatic heterocycles. The first-order valence-electron chi connectivity index (χ1n) is 8.75. The molecule has 1 aromatic heterocycles. The molecule has 0 amide bonds. The van der Waals surface area contributed by atoms with E-state index in [1.807, 2.05) is 18.1 Å². The van der Waals surface area contributed by atoms with Crippen molar-refractivity contribution in [1.29, 1.82) is 0 Å². The minimum Gasteiger partial charge on any atom is -0.465 e. The number of hydrogen-bond acceptors (Lipinski definition) is 6. The first kappa shape index (κ1) is 18.6. The Morgan fingerprint density at radius 3 is 2.88 bits per heavy atom. The summed E-state index contributed by atoms with van der Waals surface area (Å²) >= 11 is 2.13. The molecule has 1 atom stereocenters. The maximum absolute atomic E-state index is 12.6. The van der Waals surface area contributed by atoms with Gasteiger partial charge in [0.25, 0.3) is 0 Å². The number of carbonyl (C=O) groups excluding carboxylic acids is 1. The number of aryl methyl sites for hydroxylation is 1. The number of esters is 1. The Kier molecular flexibility index (Phi) is 5.34. The fourth-order valence-electron chi connectivity index (χ4n) is 3.26. The zero-order valence-electron chi connectivity index (χ0n) is 15.2. The standard InChI is InChI=1S/C18H25IN4O2/c1-5-25-16(24)15-12-7-6-11-10-20-17(19)21-13(11)14(12)22-23(15)9-8-18(2,3)4/h10,15,22H,5-9H2,1-4H3. The first-order chi connectivity index (χ1) is 11.8. The fourth-order valence-corrected chi connectivity index (χ4v) is 3.64. The van der Waals surface area contributed by atoms with Gasteiger partial charge in [-0.3, -0.25) is 0 Å². The van der Waals surface area contributed by atoms with Crippen LogP contribution in [0.2, 0.25) is 0 Å². The molecule has 0 saturated heterocycles. The molecule has 6 nitrogen and oxygen atoms in total. The molecule has 2 heterocycles. The molecular weight excluding hydrogens is 431 g/mol. The molecule has 0 aromatic carbocycles. The molecule has 1 N–H and O–H groups in total. The summed E-state index contributed by atoms with van der Waals surface area (Å²) in [6.45, 7) is 9.64. The minimum atomic E-state index is -0.363. The molecule has 25 heavy (non-hydrogen) atoms. The van der Waals surface area contributed by atoms with Crippen LogP contribution in [0.4, 0.5) is 0 Å². The van der Waals surface area contributed by atoms with Crippen molar-refractivity contribution in [2.75, 3.05) is 13.2 Å². The maximum Gasteiger partial charge on any atom is 0.329 e. The predicted octanol–water partition coefficient (Wildman–Crippen LogP) is 2.93. The van der Waals surface area contributed by atoms with Gasteiger partial charge in [-0.1, -0.05) is 20.8 Å². The highest BCUT2D eigenvalue weighted by molar-refractivity contribution is 14.1. The molecule has 7 heteroatoms. The number of aromatic nitrogens is 2. The SMILES string of the molecule is CCOC(=O)C1C2=C(NN1CCC(C)(C)C)c1nc(I)ncc1CC2. The van der Waals surface area contributed by atoms with Crippen molar-refractivity contribution in [3.63, 3.8) is 0 Å². The average molecular weight is 456 g/mol. The van der Waals surface area contributed by atoms with Gasteiger partial charge in [-0.2, -0.15) is 0 Å². The van der Waals surface area contributed by atoms with Crippen molar-refractivity contribution in [3.8, 4) is 0 Å². The predicted molar refractivity (Wildman–Crippen MR) is 104 cm³/mol. The van der Waals surface area contributed by atoms with Gasteiger partial charge >= 0.3 is 5.97 Å². The molecule has 1 unspecified atom stereocenters. The summed E-state index contributed by atoms with van der Waals surface area (Å²) in [5, 5.41) is 2.03. The Hall–Kier alpha value is -1.22. The quantitative estimate of drug-likeness (QED) is 0.427. The van der Waals surface area contributed by atoms with E-state index >= 15 is 0 Å². The number of hydrazine groups is 1. The summed E-state index contributed by atoms with van der Waals surface area (Å²) in [4.78, 5) is 21.6. The van der Waals surface area contributed by atoms with Crippen LogP contribution in [0.1, 0.15) is 51.8 Å². The Bertz CT molecular complexity index is 712. The third kappa shape index (κ3) is 3.97. The van der Waals surface area contributed by atoms with Gasteiger partial charge in [-0.15, -0.1) is 0 Å². The molecule has 0 spiro atoms. The molecule has 1 aromatic rings. The van der Waals surface area contributed by atoms with E-state index in [0.29, 0.717) is 10.4 Å². The Balaban J connectivity index is 1.93. The van der Waals surface area contributed by atoms with Crippen LogP contribution in [0.15, 0.2) is 11.8 Å². The van der Waals surface area contributed by atoms with Crippen LogP contribution in [0, 0.1) is 9.25 Å². The van der Waals surface area contributed by atoms with E-state index < -0.39 is 0 Å². The summed E-state index contributed by atoms with van der Waals surface area (Å²) in [6.07, 6.45) is 4.56. The van der Waals surface area contributed by atoms with E-state index in [9.17, 15) is 4.79 Å². The van der Waals surface area contributed by atoms with Crippen molar-refractivity contribution in [1.82, 2.24) is 20.4 Å². The first-order valence-corrected chi connectivity index (χ1v) is 9.83. The number of fused-ring (bicyclic) bond motifs is 2. The van der Waals surface area contributed by atoms with Crippen LogP contribution in [-0.4, -0.2) is 40.1 Å². The van der Waals surface area contributed by atoms with Crippen LogP contribution in [0.25, 0.3) is 5.70 Å². The Labute approximate surface area is 162 Å². The zero-order chi connectivity index (χ0) is 18.2. The highest BCUT2D eigenvalue weighted by atomic mass is 127. The number of ether oxygens (including phenoxy) is 1. The monoisotopic (exact) mass is 456 g/mol. The lowest BCUT2D eigenvalue weighted by Gasteiger charge is -2.28. The average Bonchev–Trinajstić information content (AvgIpc) is 2.91. The lowest BCUT2D eigenvalue weighted by molar-refractivity contribution is -0.148. The third-order valence-electron chi connectivity index (χ3n) is 4.57. The van der Waals surface area contributed by atoms with Crippen molar-refractivity contribution < 1.29 is 9.53 Å². The van der Waals surface area contributed by atoms with Crippen LogP contribution in [0.5, 0.6) is 0 Å². The van der Waals surface area contributed by atoms with E-state index in [1.54, 1.807) is 0 Å². The molecule has 0 bridgehead atoms. The van der Waals surface area contributed by atoms with Gasteiger partial charge in [-0.05, 0) is 42.7 Å².